The molecule has 0 saturated heterocycles. The van der Waals surface area contributed by atoms with Crippen LogP contribution in [0.3, 0.4) is 0 Å². The fourth-order valence-corrected chi connectivity index (χ4v) is 0.568. The van der Waals surface area contributed by atoms with E-state index in [9.17, 15) is 9.59 Å². The zero-order valence-corrected chi connectivity index (χ0v) is 5.86. The Morgan fingerprint density at radius 3 is 1.73 bits per heavy atom. The summed E-state index contributed by atoms with van der Waals surface area (Å²) in [4.78, 5) is 21.2. The van der Waals surface area contributed by atoms with Crippen LogP contribution >= 0.6 is 0 Å². The normalized spacial score (nSPS) is 10.0. The molecule has 0 aromatic heterocycles. The van der Waals surface area contributed by atoms with Gasteiger partial charge >= 0.3 is 11.9 Å². The first kappa shape index (κ1) is 9.86. The van der Waals surface area contributed by atoms with E-state index in [2.05, 4.69) is 0 Å². The number of aliphatic carboxylic acids is 2. The number of nitrogens with zero attached hydrogens (tertiary/aromatic N) is 1. The van der Waals surface area contributed by atoms with Gasteiger partial charge in [-0.1, -0.05) is 0 Å². The zero-order valence-electron chi connectivity index (χ0n) is 5.86. The number of hydrogen-bond acceptors (Lipinski definition) is 4. The second-order valence-corrected chi connectivity index (χ2v) is 1.96. The molecular weight excluding hydrogens is 152 g/mol. The summed E-state index contributed by atoms with van der Waals surface area (Å²) in [6, 6.07) is 0. The molecule has 0 aromatic carbocycles. The highest BCUT2D eigenvalue weighted by Gasteiger charge is 2.10. The molecule has 0 saturated carbocycles. The standard InChI is InChI=1S/C5H10N2O4/c6-3-7(1-4(8)9)2-5(10)11/h1-3,6H2,(H,8,9)(H,10,11). The van der Waals surface area contributed by atoms with Crippen LogP contribution in [0, 0.1) is 0 Å². The lowest BCUT2D eigenvalue weighted by Crippen LogP contribution is -2.38. The van der Waals surface area contributed by atoms with E-state index in [1.165, 1.54) is 0 Å². The Morgan fingerprint density at radius 1 is 1.18 bits per heavy atom. The molecule has 0 radical (unpaired) electrons. The van der Waals surface area contributed by atoms with Gasteiger partial charge in [0.25, 0.3) is 0 Å². The minimum Gasteiger partial charge on any atom is -0.480 e. The van der Waals surface area contributed by atoms with Crippen molar-refractivity contribution in [3.05, 3.63) is 0 Å². The van der Waals surface area contributed by atoms with Gasteiger partial charge in [0.1, 0.15) is 0 Å². The molecule has 0 amide bonds. The average Bonchev–Trinajstić information content (AvgIpc) is 1.84. The van der Waals surface area contributed by atoms with E-state index in [-0.39, 0.29) is 19.8 Å². The molecule has 6 nitrogen and oxygen atoms in total. The second kappa shape index (κ2) is 4.64. The van der Waals surface area contributed by atoms with Crippen molar-refractivity contribution in [1.29, 1.82) is 0 Å². The van der Waals surface area contributed by atoms with Gasteiger partial charge in [-0.05, 0) is 0 Å². The van der Waals surface area contributed by atoms with Gasteiger partial charge < -0.3 is 15.9 Å². The quantitative estimate of drug-likeness (QED) is 0.419. The van der Waals surface area contributed by atoms with Gasteiger partial charge in [0.2, 0.25) is 0 Å². The monoisotopic (exact) mass is 162 g/mol. The van der Waals surface area contributed by atoms with E-state index in [1.807, 2.05) is 0 Å². The molecule has 0 rings (SSSR count). The molecule has 0 aliphatic rings. The molecule has 0 aliphatic heterocycles. The zero-order chi connectivity index (χ0) is 8.85. The van der Waals surface area contributed by atoms with Gasteiger partial charge in [0.05, 0.1) is 13.1 Å². The van der Waals surface area contributed by atoms with Crippen molar-refractivity contribution in [2.75, 3.05) is 19.8 Å². The Hall–Kier alpha value is -1.14. The van der Waals surface area contributed by atoms with Crippen molar-refractivity contribution >= 4 is 11.9 Å². The summed E-state index contributed by atoms with van der Waals surface area (Å²) in [7, 11) is 0. The molecule has 0 aliphatic carbocycles. The van der Waals surface area contributed by atoms with Gasteiger partial charge in [-0.15, -0.1) is 0 Å². The third-order valence-electron chi connectivity index (χ3n) is 0.976. The van der Waals surface area contributed by atoms with Crippen molar-refractivity contribution in [2.45, 2.75) is 0 Å². The van der Waals surface area contributed by atoms with Gasteiger partial charge in [-0.2, -0.15) is 0 Å². The Bertz CT molecular complexity index is 143. The highest BCUT2D eigenvalue weighted by molar-refractivity contribution is 5.72. The largest absolute Gasteiger partial charge is 0.480 e. The molecule has 6 heteroatoms. The van der Waals surface area contributed by atoms with Crippen molar-refractivity contribution in [2.24, 2.45) is 5.73 Å². The molecule has 0 atom stereocenters. The first-order valence-corrected chi connectivity index (χ1v) is 2.92. The van der Waals surface area contributed by atoms with E-state index in [0.717, 1.165) is 4.90 Å². The maximum Gasteiger partial charge on any atom is 0.317 e. The minimum atomic E-state index is -1.09. The highest BCUT2D eigenvalue weighted by Crippen LogP contribution is 1.83. The van der Waals surface area contributed by atoms with Crippen LogP contribution in [0.4, 0.5) is 0 Å². The summed E-state index contributed by atoms with van der Waals surface area (Å²) in [6.45, 7) is -0.760. The molecule has 0 bridgehead atoms. The molecule has 64 valence electrons. The first-order chi connectivity index (χ1) is 5.06. The predicted octanol–water partition coefficient (Wildman–Crippen LogP) is -1.63. The summed E-state index contributed by atoms with van der Waals surface area (Å²) >= 11 is 0. The van der Waals surface area contributed by atoms with Crippen molar-refractivity contribution in [3.63, 3.8) is 0 Å². The van der Waals surface area contributed by atoms with Crippen LogP contribution in [-0.4, -0.2) is 46.8 Å². The predicted molar refractivity (Wildman–Crippen MR) is 35.9 cm³/mol. The Kier molecular flexibility index (Phi) is 4.16. The van der Waals surface area contributed by atoms with Crippen molar-refractivity contribution in [1.82, 2.24) is 4.90 Å². The minimum absolute atomic E-state index is 0.0708. The first-order valence-electron chi connectivity index (χ1n) is 2.92. The summed E-state index contributed by atoms with van der Waals surface area (Å²) < 4.78 is 0. The molecule has 4 N–H and O–H groups in total. The molecule has 11 heavy (non-hydrogen) atoms. The van der Waals surface area contributed by atoms with Crippen LogP contribution in [0.5, 0.6) is 0 Å². The summed E-state index contributed by atoms with van der Waals surface area (Å²) in [5, 5.41) is 16.5. The van der Waals surface area contributed by atoms with Gasteiger partial charge in [-0.3, -0.25) is 14.5 Å². The smallest absolute Gasteiger partial charge is 0.317 e. The van der Waals surface area contributed by atoms with Crippen LogP contribution in [0.25, 0.3) is 0 Å². The molecule has 0 spiro atoms. The highest BCUT2D eigenvalue weighted by atomic mass is 16.4. The van der Waals surface area contributed by atoms with Gasteiger partial charge in [0.15, 0.2) is 0 Å². The van der Waals surface area contributed by atoms with Crippen LogP contribution in [0.15, 0.2) is 0 Å². The van der Waals surface area contributed by atoms with Crippen LogP contribution < -0.4 is 5.73 Å². The molecular formula is C5H10N2O4. The van der Waals surface area contributed by atoms with Crippen molar-refractivity contribution in [3.8, 4) is 0 Å². The number of rotatable bonds is 5. The van der Waals surface area contributed by atoms with E-state index in [4.69, 9.17) is 15.9 Å². The fourth-order valence-electron chi connectivity index (χ4n) is 0.568. The average molecular weight is 162 g/mol. The fraction of sp³-hybridized carbons (Fsp3) is 0.600. The van der Waals surface area contributed by atoms with Crippen LogP contribution in [0.2, 0.25) is 0 Å². The number of nitrogens with two attached hydrogens (primary N) is 1. The molecule has 0 aromatic rings. The SMILES string of the molecule is NCN(CC(=O)O)CC(=O)O. The lowest BCUT2D eigenvalue weighted by Gasteiger charge is -2.13. The lowest BCUT2D eigenvalue weighted by atomic mass is 10.5. The Balaban J connectivity index is 3.76. The Labute approximate surface area is 63.2 Å². The van der Waals surface area contributed by atoms with E-state index in [0.29, 0.717) is 0 Å². The molecule has 0 unspecified atom stereocenters. The van der Waals surface area contributed by atoms with Crippen LogP contribution in [-0.2, 0) is 9.59 Å². The third kappa shape index (κ3) is 5.31. The van der Waals surface area contributed by atoms with E-state index in [1.54, 1.807) is 0 Å². The molecule has 0 heterocycles. The third-order valence-corrected chi connectivity index (χ3v) is 0.976. The summed E-state index contributed by atoms with van der Waals surface area (Å²) in [5.41, 5.74) is 5.07. The Morgan fingerprint density at radius 2 is 1.55 bits per heavy atom. The van der Waals surface area contributed by atoms with Gasteiger partial charge in [0, 0.05) is 6.67 Å². The number of carboxylic acid groups (broad SMARTS) is 2. The summed E-state index contributed by atoms with van der Waals surface area (Å²) in [5.74, 6) is -2.17. The molecule has 0 fully saturated rings. The topological polar surface area (TPSA) is 104 Å². The van der Waals surface area contributed by atoms with Crippen molar-refractivity contribution < 1.29 is 19.8 Å². The maximum atomic E-state index is 10.1. The second-order valence-electron chi connectivity index (χ2n) is 1.96. The van der Waals surface area contributed by atoms with E-state index < -0.39 is 11.9 Å². The number of carboxylic acids is 2. The van der Waals surface area contributed by atoms with Crippen LogP contribution in [0.1, 0.15) is 0 Å². The maximum absolute atomic E-state index is 10.1. The van der Waals surface area contributed by atoms with Gasteiger partial charge in [-0.25, -0.2) is 0 Å². The number of hydrogen-bond donors (Lipinski definition) is 3. The lowest BCUT2D eigenvalue weighted by molar-refractivity contribution is -0.141. The summed E-state index contributed by atoms with van der Waals surface area (Å²) in [6.07, 6.45) is 0. The van der Waals surface area contributed by atoms with E-state index >= 15 is 0 Å². The number of carbonyl (C=O) groups is 2.